The number of aliphatic hydroxyl groups is 1. The molecule has 0 aromatic carbocycles. The number of carbonyl (C=O) groups excluding carboxylic acids is 1. The maximum absolute atomic E-state index is 12.7. The summed E-state index contributed by atoms with van der Waals surface area (Å²) in [6, 6.07) is 3.44. The van der Waals surface area contributed by atoms with Crippen molar-refractivity contribution in [3.8, 4) is 0 Å². The molecular formula is C18H30N2O3. The van der Waals surface area contributed by atoms with E-state index in [2.05, 4.69) is 24.1 Å². The second kappa shape index (κ2) is 7.49. The Bertz CT molecular complexity index is 516. The SMILES string of the molecule is Cc1ccc(C(C)(O)CNC(=O)C(C(C)C)N2CCCCC2)o1. The first-order valence-corrected chi connectivity index (χ1v) is 8.62. The predicted octanol–water partition coefficient (Wildman–Crippen LogP) is 2.42. The average Bonchev–Trinajstić information content (AvgIpc) is 2.94. The third-order valence-electron chi connectivity index (χ3n) is 4.56. The number of aryl methyl sites for hydroxylation is 1. The molecule has 1 aliphatic heterocycles. The Morgan fingerprint density at radius 1 is 1.35 bits per heavy atom. The average molecular weight is 322 g/mol. The fourth-order valence-electron chi connectivity index (χ4n) is 3.26. The van der Waals surface area contributed by atoms with Crippen LogP contribution < -0.4 is 5.32 Å². The number of hydrogen-bond acceptors (Lipinski definition) is 4. The second-order valence-corrected chi connectivity index (χ2v) is 7.19. The van der Waals surface area contributed by atoms with Crippen molar-refractivity contribution in [1.82, 2.24) is 10.2 Å². The first-order valence-electron chi connectivity index (χ1n) is 8.62. The second-order valence-electron chi connectivity index (χ2n) is 7.19. The van der Waals surface area contributed by atoms with Gasteiger partial charge in [-0.05, 0) is 57.8 Å². The summed E-state index contributed by atoms with van der Waals surface area (Å²) in [4.78, 5) is 14.9. The number of rotatable bonds is 6. The third kappa shape index (κ3) is 4.58. The van der Waals surface area contributed by atoms with Crippen LogP contribution in [0.5, 0.6) is 0 Å². The highest BCUT2D eigenvalue weighted by Gasteiger charge is 2.33. The first-order chi connectivity index (χ1) is 10.8. The number of furan rings is 1. The van der Waals surface area contributed by atoms with Gasteiger partial charge in [-0.3, -0.25) is 9.69 Å². The van der Waals surface area contributed by atoms with Gasteiger partial charge in [0.1, 0.15) is 17.1 Å². The van der Waals surface area contributed by atoms with Crippen LogP contribution in [0.3, 0.4) is 0 Å². The van der Waals surface area contributed by atoms with Crippen LogP contribution in [-0.2, 0) is 10.4 Å². The molecule has 1 aromatic rings. The number of hydrogen-bond donors (Lipinski definition) is 2. The predicted molar refractivity (Wildman–Crippen MR) is 90.1 cm³/mol. The Morgan fingerprint density at radius 2 is 2.00 bits per heavy atom. The Kier molecular flexibility index (Phi) is 5.87. The van der Waals surface area contributed by atoms with E-state index < -0.39 is 5.60 Å². The molecule has 1 aromatic heterocycles. The molecule has 0 saturated carbocycles. The van der Waals surface area contributed by atoms with Crippen molar-refractivity contribution in [2.24, 2.45) is 5.92 Å². The third-order valence-corrected chi connectivity index (χ3v) is 4.56. The zero-order valence-corrected chi connectivity index (χ0v) is 14.8. The molecule has 2 atom stereocenters. The molecule has 2 rings (SSSR count). The van der Waals surface area contributed by atoms with Crippen LogP contribution in [0.15, 0.2) is 16.5 Å². The van der Waals surface area contributed by atoms with E-state index >= 15 is 0 Å². The van der Waals surface area contributed by atoms with Crippen molar-refractivity contribution in [3.63, 3.8) is 0 Å². The standard InChI is InChI=1S/C18H30N2O3/c1-13(2)16(20-10-6-5-7-11-20)17(21)19-12-18(4,22)15-9-8-14(3)23-15/h8-9,13,16,22H,5-7,10-12H2,1-4H3,(H,19,21). The molecule has 0 aliphatic carbocycles. The van der Waals surface area contributed by atoms with Crippen molar-refractivity contribution in [1.29, 1.82) is 0 Å². The summed E-state index contributed by atoms with van der Waals surface area (Å²) in [5.74, 6) is 1.46. The number of amides is 1. The van der Waals surface area contributed by atoms with Gasteiger partial charge in [0.15, 0.2) is 0 Å². The van der Waals surface area contributed by atoms with Gasteiger partial charge in [-0.15, -0.1) is 0 Å². The summed E-state index contributed by atoms with van der Waals surface area (Å²) in [5.41, 5.74) is -1.20. The zero-order valence-electron chi connectivity index (χ0n) is 14.8. The Balaban J connectivity index is 1.98. The van der Waals surface area contributed by atoms with Gasteiger partial charge in [0.25, 0.3) is 0 Å². The Morgan fingerprint density at radius 3 is 2.52 bits per heavy atom. The minimum absolute atomic E-state index is 0.00884. The molecule has 1 fully saturated rings. The van der Waals surface area contributed by atoms with E-state index in [-0.39, 0.29) is 24.4 Å². The van der Waals surface area contributed by atoms with E-state index in [1.165, 1.54) is 6.42 Å². The fourth-order valence-corrected chi connectivity index (χ4v) is 3.26. The number of carbonyl (C=O) groups is 1. The number of nitrogens with one attached hydrogen (secondary N) is 1. The number of piperidine rings is 1. The molecule has 2 unspecified atom stereocenters. The highest BCUT2D eigenvalue weighted by Crippen LogP contribution is 2.23. The van der Waals surface area contributed by atoms with Crippen molar-refractivity contribution < 1.29 is 14.3 Å². The van der Waals surface area contributed by atoms with Crippen LogP contribution in [0.2, 0.25) is 0 Å². The molecule has 130 valence electrons. The van der Waals surface area contributed by atoms with Crippen molar-refractivity contribution >= 4 is 5.91 Å². The van der Waals surface area contributed by atoms with Crippen LogP contribution in [0.1, 0.15) is 51.6 Å². The van der Waals surface area contributed by atoms with Gasteiger partial charge >= 0.3 is 0 Å². The largest absolute Gasteiger partial charge is 0.463 e. The number of likely N-dealkylation sites (tertiary alicyclic amines) is 1. The highest BCUT2D eigenvalue weighted by atomic mass is 16.4. The van der Waals surface area contributed by atoms with Gasteiger partial charge in [-0.25, -0.2) is 0 Å². The molecule has 1 saturated heterocycles. The molecule has 0 radical (unpaired) electrons. The summed E-state index contributed by atoms with van der Waals surface area (Å²) < 4.78 is 5.49. The van der Waals surface area contributed by atoms with Gasteiger partial charge in [0.2, 0.25) is 5.91 Å². The van der Waals surface area contributed by atoms with Crippen LogP contribution in [0, 0.1) is 12.8 Å². The summed E-state index contributed by atoms with van der Waals surface area (Å²) in [6.45, 7) is 9.75. The summed E-state index contributed by atoms with van der Waals surface area (Å²) in [6.07, 6.45) is 3.55. The Labute approximate surface area is 139 Å². The van der Waals surface area contributed by atoms with Crippen LogP contribution >= 0.6 is 0 Å². The van der Waals surface area contributed by atoms with Crippen molar-refractivity contribution in [2.75, 3.05) is 19.6 Å². The van der Waals surface area contributed by atoms with Crippen LogP contribution in [0.4, 0.5) is 0 Å². The maximum Gasteiger partial charge on any atom is 0.237 e. The molecule has 2 heterocycles. The van der Waals surface area contributed by atoms with Gasteiger partial charge in [0, 0.05) is 0 Å². The molecule has 5 heteroatoms. The van der Waals surface area contributed by atoms with Crippen LogP contribution in [-0.4, -0.2) is 41.6 Å². The van der Waals surface area contributed by atoms with E-state index in [0.29, 0.717) is 5.76 Å². The smallest absolute Gasteiger partial charge is 0.237 e. The molecule has 0 spiro atoms. The quantitative estimate of drug-likeness (QED) is 0.844. The lowest BCUT2D eigenvalue weighted by molar-refractivity contribution is -0.129. The maximum atomic E-state index is 12.7. The molecule has 1 aliphatic rings. The lowest BCUT2D eigenvalue weighted by Gasteiger charge is -2.36. The summed E-state index contributed by atoms with van der Waals surface area (Å²) in [7, 11) is 0. The normalized spacial score (nSPS) is 20.3. The molecule has 1 amide bonds. The number of nitrogens with zero attached hydrogens (tertiary/aromatic N) is 1. The monoisotopic (exact) mass is 322 g/mol. The van der Waals surface area contributed by atoms with Gasteiger partial charge in [-0.1, -0.05) is 20.3 Å². The van der Waals surface area contributed by atoms with E-state index in [1.807, 2.05) is 13.0 Å². The topological polar surface area (TPSA) is 65.7 Å². The van der Waals surface area contributed by atoms with E-state index in [9.17, 15) is 9.90 Å². The van der Waals surface area contributed by atoms with Gasteiger partial charge < -0.3 is 14.8 Å². The molecule has 2 N–H and O–H groups in total. The summed E-state index contributed by atoms with van der Waals surface area (Å²) >= 11 is 0. The minimum Gasteiger partial charge on any atom is -0.463 e. The zero-order chi connectivity index (χ0) is 17.0. The molecule has 0 bridgehead atoms. The lowest BCUT2D eigenvalue weighted by Crippen LogP contribution is -2.53. The molecule has 5 nitrogen and oxygen atoms in total. The Hall–Kier alpha value is -1.33. The van der Waals surface area contributed by atoms with Crippen molar-refractivity contribution in [2.45, 2.75) is 58.6 Å². The first kappa shape index (κ1) is 18.0. The molecule has 23 heavy (non-hydrogen) atoms. The summed E-state index contributed by atoms with van der Waals surface area (Å²) in [5, 5.41) is 13.5. The lowest BCUT2D eigenvalue weighted by atomic mass is 9.97. The van der Waals surface area contributed by atoms with Crippen LogP contribution in [0.25, 0.3) is 0 Å². The van der Waals surface area contributed by atoms with E-state index in [4.69, 9.17) is 4.42 Å². The van der Waals surface area contributed by atoms with Crippen molar-refractivity contribution in [3.05, 3.63) is 23.7 Å². The minimum atomic E-state index is -1.20. The van der Waals surface area contributed by atoms with Gasteiger partial charge in [-0.2, -0.15) is 0 Å². The highest BCUT2D eigenvalue weighted by molar-refractivity contribution is 5.82. The van der Waals surface area contributed by atoms with E-state index in [1.54, 1.807) is 13.0 Å². The van der Waals surface area contributed by atoms with E-state index in [0.717, 1.165) is 31.7 Å². The molecular weight excluding hydrogens is 292 g/mol. The fraction of sp³-hybridized carbons (Fsp3) is 0.722. The van der Waals surface area contributed by atoms with Gasteiger partial charge in [0.05, 0.1) is 12.6 Å².